The van der Waals surface area contributed by atoms with Crippen molar-refractivity contribution >= 4 is 27.8 Å². The van der Waals surface area contributed by atoms with Crippen molar-refractivity contribution in [3.05, 3.63) is 57.8 Å². The third-order valence-electron chi connectivity index (χ3n) is 6.21. The number of halogens is 2. The Morgan fingerprint density at radius 2 is 1.76 bits per heavy atom. The number of hydrogen-bond acceptors (Lipinski definition) is 5. The first kappa shape index (κ1) is 26.0. The maximum atomic E-state index is 13.3. The zero-order chi connectivity index (χ0) is 24.8. The van der Waals surface area contributed by atoms with E-state index in [0.717, 1.165) is 18.4 Å². The summed E-state index contributed by atoms with van der Waals surface area (Å²) in [7, 11) is 1.47. The van der Waals surface area contributed by atoms with Crippen molar-refractivity contribution in [1.82, 2.24) is 9.80 Å². The lowest BCUT2D eigenvalue weighted by Crippen LogP contribution is -2.59. The van der Waals surface area contributed by atoms with Gasteiger partial charge < -0.3 is 19.5 Å². The van der Waals surface area contributed by atoms with E-state index in [1.807, 2.05) is 11.8 Å². The molecule has 2 atom stereocenters. The normalized spacial score (nSPS) is 18.6. The van der Waals surface area contributed by atoms with Crippen molar-refractivity contribution in [3.8, 4) is 11.5 Å². The molecule has 0 saturated carbocycles. The molecule has 9 heteroatoms. The molecule has 2 aromatic carbocycles. The van der Waals surface area contributed by atoms with Gasteiger partial charge in [-0.2, -0.15) is 0 Å². The van der Waals surface area contributed by atoms with Gasteiger partial charge in [0.2, 0.25) is 0 Å². The predicted molar refractivity (Wildman–Crippen MR) is 130 cm³/mol. The van der Waals surface area contributed by atoms with E-state index >= 15 is 0 Å². The first-order valence-electron chi connectivity index (χ1n) is 11.3. The lowest BCUT2D eigenvalue weighted by atomic mass is 10.0. The molecular weight excluding hydrogens is 507 g/mol. The number of carboxylic acids is 1. The van der Waals surface area contributed by atoms with Crippen LogP contribution in [0.3, 0.4) is 0 Å². The number of carbonyl (C=O) groups is 2. The standard InChI is InChI=1S/C25H30BrFN2O5/c1-4-18-14-29(19(5-2)13-28(18)12-16-6-8-17(27)9-7-16)24(30)15-34-22-11-23(33-3)21(26)10-20(22)25(31)32/h6-11,18-19H,4-5,12-15H2,1-3H3,(H,31,32). The van der Waals surface area contributed by atoms with Crippen molar-refractivity contribution in [2.45, 2.75) is 45.3 Å². The van der Waals surface area contributed by atoms with Crippen molar-refractivity contribution < 1.29 is 28.6 Å². The number of piperazine rings is 1. The number of rotatable bonds is 9. The van der Waals surface area contributed by atoms with E-state index in [-0.39, 0.29) is 41.7 Å². The number of benzene rings is 2. The SMILES string of the molecule is CCC1CN(C(=O)COc2cc(OC)c(Br)cc2C(=O)O)C(CC)CN1Cc1ccc(F)cc1. The number of hydrogen-bond donors (Lipinski definition) is 1. The molecule has 0 aromatic heterocycles. The Morgan fingerprint density at radius 1 is 1.09 bits per heavy atom. The zero-order valence-corrected chi connectivity index (χ0v) is 21.2. The fourth-order valence-corrected chi connectivity index (χ4v) is 4.78. The smallest absolute Gasteiger partial charge is 0.339 e. The first-order chi connectivity index (χ1) is 16.3. The fraction of sp³-hybridized carbons (Fsp3) is 0.440. The molecule has 1 N–H and O–H groups in total. The Balaban J connectivity index is 1.71. The van der Waals surface area contributed by atoms with Crippen LogP contribution >= 0.6 is 15.9 Å². The van der Waals surface area contributed by atoms with Gasteiger partial charge in [0.25, 0.3) is 5.91 Å². The number of amides is 1. The second kappa shape index (κ2) is 11.7. The molecule has 3 rings (SSSR count). The summed E-state index contributed by atoms with van der Waals surface area (Å²) in [5, 5.41) is 9.52. The summed E-state index contributed by atoms with van der Waals surface area (Å²) in [6.45, 7) is 5.79. The Morgan fingerprint density at radius 3 is 2.35 bits per heavy atom. The summed E-state index contributed by atoms with van der Waals surface area (Å²) in [6, 6.07) is 9.53. The van der Waals surface area contributed by atoms with Crippen molar-refractivity contribution in [2.24, 2.45) is 0 Å². The van der Waals surface area contributed by atoms with E-state index in [2.05, 4.69) is 27.8 Å². The minimum absolute atomic E-state index is 0.00209. The van der Waals surface area contributed by atoms with Crippen LogP contribution in [0.15, 0.2) is 40.9 Å². The average molecular weight is 537 g/mol. The molecule has 2 unspecified atom stereocenters. The molecule has 34 heavy (non-hydrogen) atoms. The molecule has 2 aromatic rings. The zero-order valence-electron chi connectivity index (χ0n) is 19.6. The van der Waals surface area contributed by atoms with Gasteiger partial charge in [0.05, 0.1) is 11.6 Å². The highest BCUT2D eigenvalue weighted by atomic mass is 79.9. The van der Waals surface area contributed by atoms with Crippen LogP contribution in [0.4, 0.5) is 4.39 Å². The number of nitrogens with zero attached hydrogens (tertiary/aromatic N) is 2. The minimum Gasteiger partial charge on any atom is -0.495 e. The van der Waals surface area contributed by atoms with Gasteiger partial charge in [-0.3, -0.25) is 9.69 Å². The maximum Gasteiger partial charge on any atom is 0.339 e. The highest BCUT2D eigenvalue weighted by Crippen LogP contribution is 2.33. The summed E-state index contributed by atoms with van der Waals surface area (Å²) < 4.78 is 24.7. The molecule has 0 radical (unpaired) electrons. The van der Waals surface area contributed by atoms with Gasteiger partial charge in [-0.05, 0) is 52.5 Å². The van der Waals surface area contributed by atoms with Gasteiger partial charge in [-0.15, -0.1) is 0 Å². The minimum atomic E-state index is -1.15. The van der Waals surface area contributed by atoms with Crippen LogP contribution in [0, 0.1) is 5.82 Å². The Hall–Kier alpha value is -2.65. The second-order valence-corrected chi connectivity index (χ2v) is 9.16. The fourth-order valence-electron chi connectivity index (χ4n) is 4.27. The summed E-state index contributed by atoms with van der Waals surface area (Å²) in [4.78, 5) is 29.0. The molecular formula is C25H30BrFN2O5. The molecule has 1 fully saturated rings. The number of ether oxygens (including phenoxy) is 2. The lowest BCUT2D eigenvalue weighted by Gasteiger charge is -2.46. The van der Waals surface area contributed by atoms with E-state index < -0.39 is 5.97 Å². The predicted octanol–water partition coefficient (Wildman–Crippen LogP) is 4.58. The van der Waals surface area contributed by atoms with Crippen LogP contribution in [0.1, 0.15) is 42.6 Å². The van der Waals surface area contributed by atoms with E-state index in [9.17, 15) is 19.1 Å². The van der Waals surface area contributed by atoms with Gasteiger partial charge in [-0.1, -0.05) is 26.0 Å². The van der Waals surface area contributed by atoms with E-state index in [1.165, 1.54) is 31.4 Å². The van der Waals surface area contributed by atoms with Crippen molar-refractivity contribution in [1.29, 1.82) is 0 Å². The van der Waals surface area contributed by atoms with Gasteiger partial charge in [0, 0.05) is 37.8 Å². The van der Waals surface area contributed by atoms with Crippen LogP contribution in [-0.4, -0.2) is 65.7 Å². The molecule has 1 amide bonds. The molecule has 1 saturated heterocycles. The molecule has 0 aliphatic carbocycles. The first-order valence-corrected chi connectivity index (χ1v) is 12.1. The van der Waals surface area contributed by atoms with E-state index in [1.54, 1.807) is 12.1 Å². The lowest BCUT2D eigenvalue weighted by molar-refractivity contribution is -0.140. The summed E-state index contributed by atoms with van der Waals surface area (Å²) in [6.07, 6.45) is 1.63. The topological polar surface area (TPSA) is 79.3 Å². The second-order valence-electron chi connectivity index (χ2n) is 8.30. The van der Waals surface area contributed by atoms with Crippen molar-refractivity contribution in [2.75, 3.05) is 26.8 Å². The number of carbonyl (C=O) groups excluding carboxylic acids is 1. The third-order valence-corrected chi connectivity index (χ3v) is 6.83. The summed E-state index contributed by atoms with van der Waals surface area (Å²) in [5.41, 5.74) is 0.978. The Bertz CT molecular complexity index is 1020. The monoisotopic (exact) mass is 536 g/mol. The van der Waals surface area contributed by atoms with Gasteiger partial charge >= 0.3 is 5.97 Å². The number of methoxy groups -OCH3 is 1. The number of aromatic carboxylic acids is 1. The molecule has 0 spiro atoms. The van der Waals surface area contributed by atoms with E-state index in [0.29, 0.717) is 29.9 Å². The van der Waals surface area contributed by atoms with Crippen LogP contribution in [0.25, 0.3) is 0 Å². The van der Waals surface area contributed by atoms with Crippen LogP contribution in [0.2, 0.25) is 0 Å². The molecule has 7 nitrogen and oxygen atoms in total. The third kappa shape index (κ3) is 6.07. The van der Waals surface area contributed by atoms with Crippen molar-refractivity contribution in [3.63, 3.8) is 0 Å². The highest BCUT2D eigenvalue weighted by molar-refractivity contribution is 9.10. The molecule has 1 heterocycles. The van der Waals surface area contributed by atoms with Crippen LogP contribution < -0.4 is 9.47 Å². The highest BCUT2D eigenvalue weighted by Gasteiger charge is 2.35. The molecule has 184 valence electrons. The average Bonchev–Trinajstić information content (AvgIpc) is 2.83. The molecule has 1 aliphatic heterocycles. The van der Waals surface area contributed by atoms with Gasteiger partial charge in [0.1, 0.15) is 22.9 Å². The Kier molecular flexibility index (Phi) is 8.90. The number of carboxylic acid groups (broad SMARTS) is 1. The Labute approximate surface area is 207 Å². The maximum absolute atomic E-state index is 13.3. The van der Waals surface area contributed by atoms with Gasteiger partial charge in [-0.25, -0.2) is 9.18 Å². The van der Waals surface area contributed by atoms with Crippen LogP contribution in [-0.2, 0) is 11.3 Å². The van der Waals surface area contributed by atoms with Crippen LogP contribution in [0.5, 0.6) is 11.5 Å². The summed E-state index contributed by atoms with van der Waals surface area (Å²) in [5.74, 6) is -1.11. The molecule has 1 aliphatic rings. The summed E-state index contributed by atoms with van der Waals surface area (Å²) >= 11 is 3.27. The van der Waals surface area contributed by atoms with E-state index in [4.69, 9.17) is 9.47 Å². The molecule has 0 bridgehead atoms. The largest absolute Gasteiger partial charge is 0.495 e. The van der Waals surface area contributed by atoms with Gasteiger partial charge in [0.15, 0.2) is 6.61 Å². The quantitative estimate of drug-likeness (QED) is 0.505.